The van der Waals surface area contributed by atoms with Crippen molar-refractivity contribution in [2.24, 2.45) is 0 Å². The van der Waals surface area contributed by atoms with Gasteiger partial charge >= 0.3 is 6.09 Å². The van der Waals surface area contributed by atoms with Gasteiger partial charge in [0.1, 0.15) is 17.1 Å². The van der Waals surface area contributed by atoms with Crippen LogP contribution in [0.4, 0.5) is 16.3 Å². The standard InChI is InChI=1S/C16H19ClN4O3S/c1-16(2,3)24-15(23)19-12-11(18)13(22)20-14(25)21(12)8-9-4-6-10(17)7-5-9/h4-7H,8,18H2,1-3H3,(H,19,23)(H,20,22,25). The van der Waals surface area contributed by atoms with Gasteiger partial charge in [0.2, 0.25) is 0 Å². The molecule has 0 fully saturated rings. The minimum Gasteiger partial charge on any atom is -0.444 e. The molecule has 0 atom stereocenters. The number of nitrogens with one attached hydrogen (secondary N) is 1. The summed E-state index contributed by atoms with van der Waals surface area (Å²) in [6.07, 6.45) is -0.734. The van der Waals surface area contributed by atoms with Gasteiger partial charge in [-0.15, -0.1) is 12.6 Å². The molecule has 0 spiro atoms. The van der Waals surface area contributed by atoms with Crippen molar-refractivity contribution < 1.29 is 9.53 Å². The summed E-state index contributed by atoms with van der Waals surface area (Å²) in [6.45, 7) is 5.46. The minimum absolute atomic E-state index is 0.0780. The van der Waals surface area contributed by atoms with E-state index in [0.717, 1.165) is 5.56 Å². The Morgan fingerprint density at radius 3 is 2.52 bits per heavy atom. The Morgan fingerprint density at radius 2 is 1.96 bits per heavy atom. The van der Waals surface area contributed by atoms with Gasteiger partial charge in [0.25, 0.3) is 5.56 Å². The number of benzene rings is 1. The lowest BCUT2D eigenvalue weighted by molar-refractivity contribution is 0.0634. The first-order valence-electron chi connectivity index (χ1n) is 7.40. The van der Waals surface area contributed by atoms with E-state index < -0.39 is 17.3 Å². The molecule has 0 aliphatic carbocycles. The van der Waals surface area contributed by atoms with E-state index in [1.54, 1.807) is 45.0 Å². The lowest BCUT2D eigenvalue weighted by Crippen LogP contribution is -2.30. The van der Waals surface area contributed by atoms with E-state index in [1.165, 1.54) is 4.57 Å². The van der Waals surface area contributed by atoms with E-state index in [9.17, 15) is 9.59 Å². The van der Waals surface area contributed by atoms with Crippen molar-refractivity contribution in [3.63, 3.8) is 0 Å². The van der Waals surface area contributed by atoms with Crippen molar-refractivity contribution in [2.45, 2.75) is 38.1 Å². The van der Waals surface area contributed by atoms with Gasteiger partial charge in [-0.05, 0) is 38.5 Å². The van der Waals surface area contributed by atoms with E-state index in [0.29, 0.717) is 5.02 Å². The predicted molar refractivity (Wildman–Crippen MR) is 101 cm³/mol. The summed E-state index contributed by atoms with van der Waals surface area (Å²) in [6, 6.07) is 7.08. The first-order valence-corrected chi connectivity index (χ1v) is 8.23. The second-order valence-electron chi connectivity index (χ2n) is 6.32. The zero-order valence-electron chi connectivity index (χ0n) is 14.0. The molecule has 2 aromatic rings. The molecule has 0 saturated carbocycles. The van der Waals surface area contributed by atoms with Crippen LogP contribution < -0.4 is 16.6 Å². The lowest BCUT2D eigenvalue weighted by atomic mass is 10.2. The molecule has 3 N–H and O–H groups in total. The molecule has 0 bridgehead atoms. The summed E-state index contributed by atoms with van der Waals surface area (Å²) in [5, 5.41) is 3.22. The van der Waals surface area contributed by atoms with Gasteiger partial charge in [-0.3, -0.25) is 10.1 Å². The van der Waals surface area contributed by atoms with Gasteiger partial charge < -0.3 is 15.0 Å². The fourth-order valence-corrected chi connectivity index (χ4v) is 2.40. The Hall–Kier alpha value is -2.19. The Kier molecular flexibility index (Phi) is 5.64. The largest absolute Gasteiger partial charge is 0.444 e. The number of nitrogen functional groups attached to an aromatic ring is 1. The number of halogens is 1. The third kappa shape index (κ3) is 5.14. The molecule has 0 unspecified atom stereocenters. The zero-order chi connectivity index (χ0) is 18.8. The third-order valence-corrected chi connectivity index (χ3v) is 3.67. The number of anilines is 2. The number of carbonyl (C=O) groups excluding carboxylic acids is 1. The fourth-order valence-electron chi connectivity index (χ4n) is 2.02. The molecular weight excluding hydrogens is 364 g/mol. The van der Waals surface area contributed by atoms with E-state index in [-0.39, 0.29) is 23.2 Å². The SMILES string of the molecule is CC(C)(C)OC(=O)Nc1c(N)c(=O)nc(S)n1Cc1ccc(Cl)cc1. The maximum absolute atomic E-state index is 12.1. The number of hydrogen-bond acceptors (Lipinski definition) is 6. The quantitative estimate of drug-likeness (QED) is 0.559. The first-order chi connectivity index (χ1) is 11.6. The second-order valence-corrected chi connectivity index (χ2v) is 7.16. The number of nitrogens with zero attached hydrogens (tertiary/aromatic N) is 2. The van der Waals surface area contributed by atoms with Crippen LogP contribution in [-0.2, 0) is 11.3 Å². The van der Waals surface area contributed by atoms with Gasteiger partial charge in [0.15, 0.2) is 5.16 Å². The smallest absolute Gasteiger partial charge is 0.413 e. The molecule has 1 heterocycles. The third-order valence-electron chi connectivity index (χ3n) is 3.07. The van der Waals surface area contributed by atoms with Crippen LogP contribution >= 0.6 is 24.2 Å². The maximum atomic E-state index is 12.1. The van der Waals surface area contributed by atoms with Gasteiger partial charge in [-0.1, -0.05) is 23.7 Å². The first kappa shape index (κ1) is 19.1. The molecular formula is C16H19ClN4O3S. The normalized spacial score (nSPS) is 11.2. The summed E-state index contributed by atoms with van der Waals surface area (Å²) in [7, 11) is 0. The molecule has 0 radical (unpaired) electrons. The highest BCUT2D eigenvalue weighted by molar-refractivity contribution is 7.80. The number of hydrogen-bond donors (Lipinski definition) is 3. The van der Waals surface area contributed by atoms with Gasteiger partial charge in [0, 0.05) is 5.02 Å². The fraction of sp³-hybridized carbons (Fsp3) is 0.312. The molecule has 0 aliphatic heterocycles. The highest BCUT2D eigenvalue weighted by Crippen LogP contribution is 2.21. The van der Waals surface area contributed by atoms with Crippen LogP contribution in [0.25, 0.3) is 0 Å². The summed E-state index contributed by atoms with van der Waals surface area (Å²) >= 11 is 10.1. The Labute approximate surface area is 155 Å². The second kappa shape index (κ2) is 7.37. The zero-order valence-corrected chi connectivity index (χ0v) is 15.7. The molecule has 0 saturated heterocycles. The summed E-state index contributed by atoms with van der Waals surface area (Å²) in [5.41, 5.74) is 5.11. The van der Waals surface area contributed by atoms with Crippen LogP contribution in [0.5, 0.6) is 0 Å². The highest BCUT2D eigenvalue weighted by Gasteiger charge is 2.20. The Balaban J connectivity index is 2.41. The van der Waals surface area contributed by atoms with Gasteiger partial charge in [0.05, 0.1) is 6.54 Å². The van der Waals surface area contributed by atoms with Crippen LogP contribution in [-0.4, -0.2) is 21.2 Å². The number of aromatic nitrogens is 2. The van der Waals surface area contributed by atoms with Crippen LogP contribution in [0.1, 0.15) is 26.3 Å². The Bertz CT molecular complexity index is 844. The summed E-state index contributed by atoms with van der Waals surface area (Å²) < 4.78 is 6.72. The van der Waals surface area contributed by atoms with E-state index in [1.807, 2.05) is 0 Å². The number of nitrogens with two attached hydrogens (primary N) is 1. The minimum atomic E-state index is -0.734. The number of ether oxygens (including phenoxy) is 1. The average molecular weight is 383 g/mol. The summed E-state index contributed by atoms with van der Waals surface area (Å²) in [4.78, 5) is 27.7. The van der Waals surface area contributed by atoms with E-state index >= 15 is 0 Å². The molecule has 0 aliphatic rings. The number of amides is 1. The molecule has 9 heteroatoms. The van der Waals surface area contributed by atoms with Crippen molar-refractivity contribution in [3.05, 3.63) is 45.2 Å². The van der Waals surface area contributed by atoms with E-state index in [4.69, 9.17) is 22.1 Å². The molecule has 1 aromatic carbocycles. The van der Waals surface area contributed by atoms with Crippen LogP contribution in [0, 0.1) is 0 Å². The number of carbonyl (C=O) groups is 1. The predicted octanol–water partition coefficient (Wildman–Crippen LogP) is 3.16. The van der Waals surface area contributed by atoms with Crippen molar-refractivity contribution in [2.75, 3.05) is 11.1 Å². The molecule has 25 heavy (non-hydrogen) atoms. The molecule has 7 nitrogen and oxygen atoms in total. The average Bonchev–Trinajstić information content (AvgIpc) is 2.48. The number of rotatable bonds is 3. The number of thiol groups is 1. The van der Waals surface area contributed by atoms with Crippen LogP contribution in [0.3, 0.4) is 0 Å². The topological polar surface area (TPSA) is 99.2 Å². The lowest BCUT2D eigenvalue weighted by Gasteiger charge is -2.22. The monoisotopic (exact) mass is 382 g/mol. The van der Waals surface area contributed by atoms with Crippen LogP contribution in [0.15, 0.2) is 34.2 Å². The van der Waals surface area contributed by atoms with Crippen molar-refractivity contribution in [1.29, 1.82) is 0 Å². The van der Waals surface area contributed by atoms with Crippen molar-refractivity contribution >= 4 is 41.8 Å². The Morgan fingerprint density at radius 1 is 1.36 bits per heavy atom. The van der Waals surface area contributed by atoms with Crippen LogP contribution in [0.2, 0.25) is 5.02 Å². The molecule has 2 rings (SSSR count). The van der Waals surface area contributed by atoms with E-state index in [2.05, 4.69) is 22.9 Å². The molecule has 1 amide bonds. The molecule has 1 aromatic heterocycles. The van der Waals surface area contributed by atoms with Gasteiger partial charge in [-0.2, -0.15) is 4.98 Å². The van der Waals surface area contributed by atoms with Crippen molar-refractivity contribution in [1.82, 2.24) is 9.55 Å². The van der Waals surface area contributed by atoms with Gasteiger partial charge in [-0.25, -0.2) is 4.79 Å². The maximum Gasteiger partial charge on any atom is 0.413 e. The highest BCUT2D eigenvalue weighted by atomic mass is 35.5. The summed E-state index contributed by atoms with van der Waals surface area (Å²) in [5.74, 6) is 0.0780. The van der Waals surface area contributed by atoms with Crippen molar-refractivity contribution in [3.8, 4) is 0 Å². The molecule has 134 valence electrons.